The number of H-pyrrole nitrogens is 1. The SMILES string of the molecule is CC(=O)[O-].CCC1C(=O)N(CCc2c[nH]c3ccccc23)CCN1C(=O)c1ccccc1. The highest BCUT2D eigenvalue weighted by Gasteiger charge is 2.36. The van der Waals surface area contributed by atoms with Gasteiger partial charge in [0.25, 0.3) is 5.91 Å². The molecule has 1 fully saturated rings. The molecule has 168 valence electrons. The highest BCUT2D eigenvalue weighted by molar-refractivity contribution is 5.98. The number of carbonyl (C=O) groups excluding carboxylic acids is 3. The van der Waals surface area contributed by atoms with Crippen molar-refractivity contribution in [2.45, 2.75) is 32.7 Å². The number of piperazine rings is 1. The maximum atomic E-state index is 13.1. The van der Waals surface area contributed by atoms with E-state index in [1.807, 2.05) is 60.5 Å². The second-order valence-corrected chi connectivity index (χ2v) is 7.71. The first-order valence-corrected chi connectivity index (χ1v) is 10.8. The molecule has 1 N–H and O–H groups in total. The van der Waals surface area contributed by atoms with E-state index in [4.69, 9.17) is 9.90 Å². The number of carboxylic acids is 1. The summed E-state index contributed by atoms with van der Waals surface area (Å²) in [5, 5.41) is 10.1. The molecule has 7 heteroatoms. The number of para-hydroxylation sites is 1. The van der Waals surface area contributed by atoms with Gasteiger partial charge in [0.2, 0.25) is 5.91 Å². The minimum atomic E-state index is -1.08. The fourth-order valence-electron chi connectivity index (χ4n) is 4.04. The lowest BCUT2D eigenvalue weighted by molar-refractivity contribution is -0.302. The number of fused-ring (bicyclic) bond motifs is 1. The number of carbonyl (C=O) groups is 3. The van der Waals surface area contributed by atoms with Gasteiger partial charge in [-0.1, -0.05) is 43.3 Å². The molecule has 1 unspecified atom stereocenters. The molecule has 7 nitrogen and oxygen atoms in total. The molecule has 2 heterocycles. The molecule has 0 saturated carbocycles. The number of carboxylic acid groups (broad SMARTS) is 1. The Bertz CT molecular complexity index is 1070. The number of aromatic amines is 1. The van der Waals surface area contributed by atoms with Crippen molar-refractivity contribution in [3.63, 3.8) is 0 Å². The number of hydrogen-bond donors (Lipinski definition) is 1. The van der Waals surface area contributed by atoms with E-state index in [1.54, 1.807) is 4.90 Å². The van der Waals surface area contributed by atoms with Crippen LogP contribution in [-0.4, -0.2) is 58.2 Å². The summed E-state index contributed by atoms with van der Waals surface area (Å²) in [5.41, 5.74) is 2.98. The van der Waals surface area contributed by atoms with Gasteiger partial charge >= 0.3 is 0 Å². The molecule has 2 aromatic carbocycles. The molecule has 32 heavy (non-hydrogen) atoms. The molecule has 0 radical (unpaired) electrons. The summed E-state index contributed by atoms with van der Waals surface area (Å²) in [5.74, 6) is -1.09. The number of aromatic nitrogens is 1. The minimum absolute atomic E-state index is 0.0536. The first-order chi connectivity index (χ1) is 15.4. The molecule has 1 aliphatic heterocycles. The van der Waals surface area contributed by atoms with Gasteiger partial charge in [-0.2, -0.15) is 0 Å². The van der Waals surface area contributed by atoms with Crippen molar-refractivity contribution in [2.24, 2.45) is 0 Å². The summed E-state index contributed by atoms with van der Waals surface area (Å²) in [7, 11) is 0. The predicted molar refractivity (Wildman–Crippen MR) is 121 cm³/mol. The van der Waals surface area contributed by atoms with Gasteiger partial charge in [-0.25, -0.2) is 0 Å². The maximum absolute atomic E-state index is 13.1. The van der Waals surface area contributed by atoms with E-state index in [1.165, 1.54) is 10.9 Å². The topological polar surface area (TPSA) is 96.5 Å². The Morgan fingerprint density at radius 3 is 2.41 bits per heavy atom. The molecule has 2 amide bonds. The number of amides is 2. The predicted octanol–water partition coefficient (Wildman–Crippen LogP) is 2.23. The van der Waals surface area contributed by atoms with Gasteiger partial charge in [-0.05, 0) is 43.5 Å². The van der Waals surface area contributed by atoms with Gasteiger partial charge in [-0.15, -0.1) is 0 Å². The largest absolute Gasteiger partial charge is 0.550 e. The van der Waals surface area contributed by atoms with Crippen LogP contribution in [0.4, 0.5) is 0 Å². The minimum Gasteiger partial charge on any atom is -0.550 e. The van der Waals surface area contributed by atoms with E-state index < -0.39 is 5.97 Å². The van der Waals surface area contributed by atoms with Gasteiger partial charge in [0, 0.05) is 48.3 Å². The van der Waals surface area contributed by atoms with Gasteiger partial charge in [0.05, 0.1) is 0 Å². The maximum Gasteiger partial charge on any atom is 0.254 e. The average molecular weight is 435 g/mol. The first kappa shape index (κ1) is 23.1. The summed E-state index contributed by atoms with van der Waals surface area (Å²) >= 11 is 0. The Hall–Kier alpha value is -3.61. The second kappa shape index (κ2) is 10.6. The van der Waals surface area contributed by atoms with Crippen LogP contribution in [-0.2, 0) is 16.0 Å². The van der Waals surface area contributed by atoms with Crippen LogP contribution < -0.4 is 5.11 Å². The summed E-state index contributed by atoms with van der Waals surface area (Å²) in [4.78, 5) is 41.7. The van der Waals surface area contributed by atoms with Crippen molar-refractivity contribution >= 4 is 28.7 Å². The Morgan fingerprint density at radius 1 is 1.06 bits per heavy atom. The van der Waals surface area contributed by atoms with Crippen LogP contribution in [0.1, 0.15) is 36.2 Å². The summed E-state index contributed by atoms with van der Waals surface area (Å²) in [6.07, 6.45) is 3.46. The highest BCUT2D eigenvalue weighted by atomic mass is 16.4. The van der Waals surface area contributed by atoms with Crippen molar-refractivity contribution in [1.29, 1.82) is 0 Å². The summed E-state index contributed by atoms with van der Waals surface area (Å²) < 4.78 is 0. The van der Waals surface area contributed by atoms with Crippen LogP contribution in [0.2, 0.25) is 0 Å². The van der Waals surface area contributed by atoms with Gasteiger partial charge in [-0.3, -0.25) is 9.59 Å². The molecule has 1 aromatic heterocycles. The lowest BCUT2D eigenvalue weighted by atomic mass is 10.0. The normalized spacial score (nSPS) is 15.9. The summed E-state index contributed by atoms with van der Waals surface area (Å²) in [6.45, 7) is 4.77. The van der Waals surface area contributed by atoms with E-state index >= 15 is 0 Å². The number of rotatable bonds is 5. The van der Waals surface area contributed by atoms with Crippen molar-refractivity contribution in [3.8, 4) is 0 Å². The quantitative estimate of drug-likeness (QED) is 0.666. The zero-order valence-corrected chi connectivity index (χ0v) is 18.4. The molecule has 3 aromatic rings. The lowest BCUT2D eigenvalue weighted by Crippen LogP contribution is -2.58. The van der Waals surface area contributed by atoms with Crippen LogP contribution in [0.5, 0.6) is 0 Å². The Balaban J connectivity index is 0.000000668. The van der Waals surface area contributed by atoms with E-state index in [2.05, 4.69) is 17.1 Å². The first-order valence-electron chi connectivity index (χ1n) is 10.8. The Morgan fingerprint density at radius 2 is 1.72 bits per heavy atom. The molecule has 1 atom stereocenters. The number of benzene rings is 2. The third-order valence-electron chi connectivity index (χ3n) is 5.58. The van der Waals surface area contributed by atoms with Crippen LogP contribution in [0.25, 0.3) is 10.9 Å². The van der Waals surface area contributed by atoms with Crippen LogP contribution in [0.15, 0.2) is 60.8 Å². The fourth-order valence-corrected chi connectivity index (χ4v) is 4.04. The molecule has 0 spiro atoms. The molecule has 1 aliphatic rings. The van der Waals surface area contributed by atoms with Crippen LogP contribution in [0, 0.1) is 0 Å². The molecular formula is C25H28N3O4-. The van der Waals surface area contributed by atoms with Crippen molar-refractivity contribution in [3.05, 3.63) is 71.9 Å². The van der Waals surface area contributed by atoms with Gasteiger partial charge in [0.15, 0.2) is 0 Å². The van der Waals surface area contributed by atoms with Crippen molar-refractivity contribution in [1.82, 2.24) is 14.8 Å². The van der Waals surface area contributed by atoms with Crippen molar-refractivity contribution in [2.75, 3.05) is 19.6 Å². The van der Waals surface area contributed by atoms with E-state index in [0.717, 1.165) is 18.9 Å². The third kappa shape index (κ3) is 5.35. The van der Waals surface area contributed by atoms with Crippen LogP contribution in [0.3, 0.4) is 0 Å². The molecule has 1 saturated heterocycles. The number of nitrogens with zero attached hydrogens (tertiary/aromatic N) is 2. The zero-order valence-electron chi connectivity index (χ0n) is 18.4. The molecule has 0 bridgehead atoms. The fraction of sp³-hybridized carbons (Fsp3) is 0.320. The molecule has 0 aliphatic carbocycles. The number of aliphatic carboxylic acids is 1. The van der Waals surface area contributed by atoms with E-state index in [-0.39, 0.29) is 17.9 Å². The van der Waals surface area contributed by atoms with E-state index in [0.29, 0.717) is 31.6 Å². The highest BCUT2D eigenvalue weighted by Crippen LogP contribution is 2.21. The molecular weight excluding hydrogens is 406 g/mol. The molecule has 4 rings (SSSR count). The summed E-state index contributed by atoms with van der Waals surface area (Å²) in [6, 6.07) is 17.0. The van der Waals surface area contributed by atoms with Gasteiger partial charge in [0.1, 0.15) is 6.04 Å². The van der Waals surface area contributed by atoms with Crippen LogP contribution >= 0.6 is 0 Å². The third-order valence-corrected chi connectivity index (χ3v) is 5.58. The Kier molecular flexibility index (Phi) is 7.65. The Labute approximate surface area is 187 Å². The average Bonchev–Trinajstić information content (AvgIpc) is 3.21. The lowest BCUT2D eigenvalue weighted by Gasteiger charge is -2.40. The monoisotopic (exact) mass is 434 g/mol. The smallest absolute Gasteiger partial charge is 0.254 e. The van der Waals surface area contributed by atoms with Gasteiger partial charge < -0.3 is 24.7 Å². The number of nitrogens with one attached hydrogen (secondary N) is 1. The van der Waals surface area contributed by atoms with E-state index in [9.17, 15) is 9.59 Å². The standard InChI is InChI=1S/C23H25N3O2.C2H4O2/c1-2-21-23(28)25(13-12-18-16-24-20-11-7-6-10-19(18)20)14-15-26(21)22(27)17-8-4-3-5-9-17;1-2(3)4/h3-11,16,21,24H,2,12-15H2,1H3;1H3,(H,3,4)/p-1. The second-order valence-electron chi connectivity index (χ2n) is 7.71. The zero-order chi connectivity index (χ0) is 23.1. The van der Waals surface area contributed by atoms with Crippen molar-refractivity contribution < 1.29 is 19.5 Å². The number of hydrogen-bond acceptors (Lipinski definition) is 4.